The van der Waals surface area contributed by atoms with Gasteiger partial charge in [0, 0.05) is 18.2 Å². The van der Waals surface area contributed by atoms with Crippen molar-refractivity contribution < 1.29 is 14.6 Å². The minimum atomic E-state index is -0.273. The first-order valence-corrected chi connectivity index (χ1v) is 5.22. The number of rotatable bonds is 1. The average Bonchev–Trinajstić information content (AvgIpc) is 2.77. The van der Waals surface area contributed by atoms with Crippen LogP contribution in [-0.4, -0.2) is 33.5 Å². The minimum Gasteiger partial charge on any atom is -0.456 e. The lowest BCUT2D eigenvalue weighted by Crippen LogP contribution is -2.18. The van der Waals surface area contributed by atoms with Gasteiger partial charge in [0.05, 0.1) is 12.7 Å². The number of aliphatic hydroxyl groups is 1. The van der Waals surface area contributed by atoms with Crippen molar-refractivity contribution in [2.75, 3.05) is 6.61 Å². The predicted molar refractivity (Wildman–Crippen MR) is 53.3 cm³/mol. The molecule has 0 aromatic carbocycles. The monoisotopic (exact) mass is 224 g/mol. The molecular formula is C10H12N2O4. The summed E-state index contributed by atoms with van der Waals surface area (Å²) in [6, 6.07) is 0.307. The summed E-state index contributed by atoms with van der Waals surface area (Å²) < 4.78 is 12.8. The van der Waals surface area contributed by atoms with Gasteiger partial charge in [-0.3, -0.25) is 9.36 Å². The van der Waals surface area contributed by atoms with Crippen LogP contribution in [0.4, 0.5) is 0 Å². The maximum atomic E-state index is 11.3. The molecule has 0 unspecified atom stereocenters. The van der Waals surface area contributed by atoms with Gasteiger partial charge in [0.25, 0.3) is 5.56 Å². The van der Waals surface area contributed by atoms with Gasteiger partial charge in [0.2, 0.25) is 0 Å². The van der Waals surface area contributed by atoms with Gasteiger partial charge in [-0.15, -0.1) is 0 Å². The molecule has 2 aliphatic rings. The highest BCUT2D eigenvalue weighted by molar-refractivity contribution is 5.14. The van der Waals surface area contributed by atoms with E-state index in [2.05, 4.69) is 4.98 Å². The van der Waals surface area contributed by atoms with E-state index in [0.717, 1.165) is 0 Å². The number of aliphatic hydroxyl groups excluding tert-OH is 1. The van der Waals surface area contributed by atoms with Crippen molar-refractivity contribution in [2.45, 2.75) is 31.8 Å². The van der Waals surface area contributed by atoms with Gasteiger partial charge in [-0.05, 0) is 6.92 Å². The number of hydrogen-bond donors (Lipinski definition) is 1. The van der Waals surface area contributed by atoms with E-state index < -0.39 is 0 Å². The van der Waals surface area contributed by atoms with Gasteiger partial charge in [-0.25, -0.2) is 0 Å². The maximum absolute atomic E-state index is 11.3. The van der Waals surface area contributed by atoms with Crippen molar-refractivity contribution in [3.8, 4) is 6.01 Å². The van der Waals surface area contributed by atoms with Gasteiger partial charge in [0.1, 0.15) is 6.10 Å². The number of nitrogens with zero attached hydrogens (tertiary/aromatic N) is 2. The molecule has 0 saturated carbocycles. The molecular weight excluding hydrogens is 212 g/mol. The molecule has 1 aromatic rings. The Balaban J connectivity index is 2.00. The van der Waals surface area contributed by atoms with Gasteiger partial charge in [-0.2, -0.15) is 4.98 Å². The third-order valence-electron chi connectivity index (χ3n) is 2.97. The van der Waals surface area contributed by atoms with E-state index >= 15 is 0 Å². The van der Waals surface area contributed by atoms with Crippen molar-refractivity contribution in [1.29, 1.82) is 0 Å². The lowest BCUT2D eigenvalue weighted by molar-refractivity contribution is -0.0257. The Kier molecular flexibility index (Phi) is 2.02. The molecule has 3 rings (SSSR count). The van der Waals surface area contributed by atoms with Gasteiger partial charge >= 0.3 is 6.01 Å². The second-order valence-electron chi connectivity index (χ2n) is 4.14. The van der Waals surface area contributed by atoms with Crippen LogP contribution in [0.5, 0.6) is 6.01 Å². The van der Waals surface area contributed by atoms with Crippen LogP contribution in [0.2, 0.25) is 0 Å². The first-order chi connectivity index (χ1) is 7.69. The molecule has 0 radical (unpaired) electrons. The fraction of sp³-hybridized carbons (Fsp3) is 0.600. The van der Waals surface area contributed by atoms with Crippen LogP contribution in [-0.2, 0) is 4.74 Å². The van der Waals surface area contributed by atoms with Gasteiger partial charge in [0.15, 0.2) is 6.23 Å². The molecule has 86 valence electrons. The summed E-state index contributed by atoms with van der Waals surface area (Å²) in [6.07, 6.45) is 1.71. The SMILES string of the molecule is Cc1cn2c(nc1=O)O[C@@H]1C[C@@H](CO)O[C@H]12. The standard InChI is InChI=1S/C10H12N2O4/c1-5-3-12-9-7(2-6(4-13)15-9)16-10(12)11-8(5)14/h3,6-7,9,13H,2,4H2,1H3/t6-,7+,9+/m0/s1. The smallest absolute Gasteiger partial charge is 0.302 e. The first-order valence-electron chi connectivity index (χ1n) is 5.22. The molecule has 2 aliphatic heterocycles. The second kappa shape index (κ2) is 3.29. The van der Waals surface area contributed by atoms with Crippen LogP contribution in [0, 0.1) is 6.92 Å². The first kappa shape index (κ1) is 9.80. The molecule has 6 nitrogen and oxygen atoms in total. The summed E-state index contributed by atoms with van der Waals surface area (Å²) in [5, 5.41) is 9.01. The minimum absolute atomic E-state index is 0.0156. The second-order valence-corrected chi connectivity index (χ2v) is 4.14. The van der Waals surface area contributed by atoms with Crippen LogP contribution in [0.25, 0.3) is 0 Å². The molecule has 3 atom stereocenters. The number of aryl methyl sites for hydroxylation is 1. The Hall–Kier alpha value is -1.40. The summed E-state index contributed by atoms with van der Waals surface area (Å²) in [5.41, 5.74) is 0.286. The number of ether oxygens (including phenoxy) is 2. The van der Waals surface area contributed by atoms with Crippen LogP contribution in [0.3, 0.4) is 0 Å². The Morgan fingerprint density at radius 1 is 1.69 bits per heavy atom. The number of hydrogen-bond acceptors (Lipinski definition) is 5. The van der Waals surface area contributed by atoms with Crippen LogP contribution in [0.15, 0.2) is 11.0 Å². The normalized spacial score (nSPS) is 31.0. The quantitative estimate of drug-likeness (QED) is 0.702. The average molecular weight is 224 g/mol. The molecule has 1 fully saturated rings. The van der Waals surface area contributed by atoms with E-state index in [0.29, 0.717) is 18.0 Å². The van der Waals surface area contributed by atoms with Crippen molar-refractivity contribution >= 4 is 0 Å². The number of fused-ring (bicyclic) bond motifs is 3. The summed E-state index contributed by atoms with van der Waals surface area (Å²) in [7, 11) is 0. The summed E-state index contributed by atoms with van der Waals surface area (Å²) >= 11 is 0. The van der Waals surface area contributed by atoms with Crippen molar-refractivity contribution in [2.24, 2.45) is 0 Å². The van der Waals surface area contributed by atoms with E-state index in [1.807, 2.05) is 0 Å². The summed E-state index contributed by atoms with van der Waals surface area (Å²) in [6.45, 7) is 1.69. The fourth-order valence-electron chi connectivity index (χ4n) is 2.14. The molecule has 0 amide bonds. The molecule has 16 heavy (non-hydrogen) atoms. The Bertz CT molecular complexity index is 484. The summed E-state index contributed by atoms with van der Waals surface area (Å²) in [5.74, 6) is 0. The zero-order valence-electron chi connectivity index (χ0n) is 8.79. The topological polar surface area (TPSA) is 73.6 Å². The van der Waals surface area contributed by atoms with E-state index in [4.69, 9.17) is 14.6 Å². The zero-order chi connectivity index (χ0) is 11.3. The third kappa shape index (κ3) is 1.27. The lowest BCUT2D eigenvalue weighted by Gasteiger charge is -2.12. The number of aromatic nitrogens is 2. The predicted octanol–water partition coefficient (Wildman–Crippen LogP) is -0.407. The molecule has 0 bridgehead atoms. The lowest BCUT2D eigenvalue weighted by atomic mass is 10.2. The zero-order valence-corrected chi connectivity index (χ0v) is 8.79. The third-order valence-corrected chi connectivity index (χ3v) is 2.97. The molecule has 0 aliphatic carbocycles. The Morgan fingerprint density at radius 2 is 2.50 bits per heavy atom. The van der Waals surface area contributed by atoms with Crippen LogP contribution >= 0.6 is 0 Å². The highest BCUT2D eigenvalue weighted by atomic mass is 16.6. The van der Waals surface area contributed by atoms with E-state index in [9.17, 15) is 4.79 Å². The van der Waals surface area contributed by atoms with E-state index in [1.54, 1.807) is 17.7 Å². The molecule has 3 heterocycles. The Labute approximate surface area is 91.4 Å². The molecule has 0 spiro atoms. The molecule has 1 aromatic heterocycles. The largest absolute Gasteiger partial charge is 0.456 e. The van der Waals surface area contributed by atoms with E-state index in [-0.39, 0.29) is 30.6 Å². The maximum Gasteiger partial charge on any atom is 0.302 e. The fourth-order valence-corrected chi connectivity index (χ4v) is 2.14. The van der Waals surface area contributed by atoms with Crippen LogP contribution < -0.4 is 10.3 Å². The van der Waals surface area contributed by atoms with Crippen molar-refractivity contribution in [1.82, 2.24) is 9.55 Å². The van der Waals surface area contributed by atoms with Crippen molar-refractivity contribution in [3.05, 3.63) is 22.1 Å². The van der Waals surface area contributed by atoms with E-state index in [1.165, 1.54) is 0 Å². The molecule has 1 saturated heterocycles. The molecule has 6 heteroatoms. The van der Waals surface area contributed by atoms with Crippen molar-refractivity contribution in [3.63, 3.8) is 0 Å². The summed E-state index contributed by atoms with van der Waals surface area (Å²) in [4.78, 5) is 15.2. The highest BCUT2D eigenvalue weighted by Crippen LogP contribution is 2.38. The Morgan fingerprint density at radius 3 is 3.25 bits per heavy atom. The van der Waals surface area contributed by atoms with Crippen LogP contribution in [0.1, 0.15) is 18.2 Å². The van der Waals surface area contributed by atoms with Gasteiger partial charge in [-0.1, -0.05) is 0 Å². The molecule has 1 N–H and O–H groups in total. The van der Waals surface area contributed by atoms with Gasteiger partial charge < -0.3 is 14.6 Å². The highest BCUT2D eigenvalue weighted by Gasteiger charge is 2.44.